The van der Waals surface area contributed by atoms with Gasteiger partial charge in [0.1, 0.15) is 26.8 Å². The first-order valence-corrected chi connectivity index (χ1v) is 19.6. The number of carbonyl (C=O) groups excluding carboxylic acids is 1. The minimum Gasteiger partial charge on any atom is -0.477 e. The first-order chi connectivity index (χ1) is 23.0. The number of carbonyl (C=O) groups is 1. The number of ether oxygens (including phenoxy) is 1. The molecule has 5 rings (SSSR count). The Morgan fingerprint density at radius 1 is 0.898 bits per heavy atom. The monoisotopic (exact) mass is 727 g/mol. The quantitative estimate of drug-likeness (QED) is 0.232. The first-order valence-electron chi connectivity index (χ1n) is 16.7. The number of piperazine rings is 1. The average molecular weight is 729 g/mol. The second-order valence-corrected chi connectivity index (χ2v) is 17.4. The first kappa shape index (κ1) is 37.1. The van der Waals surface area contributed by atoms with E-state index in [4.69, 9.17) is 37.9 Å². The number of amides is 2. The lowest BCUT2D eigenvalue weighted by atomic mass is 9.71. The van der Waals surface area contributed by atoms with Crippen LogP contribution in [0.15, 0.2) is 65.7 Å². The van der Waals surface area contributed by atoms with Crippen molar-refractivity contribution in [3.05, 3.63) is 93.1 Å². The third-order valence-corrected chi connectivity index (χ3v) is 11.3. The molecule has 0 aliphatic carbocycles. The van der Waals surface area contributed by atoms with Gasteiger partial charge in [-0.05, 0) is 81.3 Å². The van der Waals surface area contributed by atoms with Crippen LogP contribution in [-0.4, -0.2) is 91.3 Å². The minimum atomic E-state index is -3.03. The van der Waals surface area contributed by atoms with Crippen LogP contribution >= 0.6 is 23.2 Å². The van der Waals surface area contributed by atoms with Crippen molar-refractivity contribution >= 4 is 44.9 Å². The van der Waals surface area contributed by atoms with Gasteiger partial charge in [-0.1, -0.05) is 68.2 Å². The molecule has 2 amide bonds. The predicted octanol–water partition coefficient (Wildman–Crippen LogP) is 7.15. The number of hydrogen-bond acceptors (Lipinski definition) is 7. The molecule has 49 heavy (non-hydrogen) atoms. The fraction of sp³-hybridized carbons (Fsp3) is 0.486. The van der Waals surface area contributed by atoms with E-state index in [2.05, 4.69) is 39.5 Å². The fourth-order valence-corrected chi connectivity index (χ4v) is 7.60. The number of nitrogens with zero attached hydrogens (tertiary/aromatic N) is 5. The summed E-state index contributed by atoms with van der Waals surface area (Å²) in [4.78, 5) is 31.5. The van der Waals surface area contributed by atoms with Gasteiger partial charge in [-0.25, -0.2) is 18.2 Å². The summed E-state index contributed by atoms with van der Waals surface area (Å²) < 4.78 is 29.6. The smallest absolute Gasteiger partial charge is 0.326 e. The second-order valence-electron chi connectivity index (χ2n) is 14.3. The lowest BCUT2D eigenvalue weighted by molar-refractivity contribution is 0.0868. The van der Waals surface area contributed by atoms with E-state index in [-0.39, 0.29) is 17.2 Å². The highest BCUT2D eigenvalue weighted by Crippen LogP contribution is 2.54. The fourth-order valence-electron chi connectivity index (χ4n) is 6.70. The molecular formula is C37H47Cl2N5O4S. The Labute approximate surface area is 301 Å². The van der Waals surface area contributed by atoms with Crippen molar-refractivity contribution < 1.29 is 17.9 Å². The van der Waals surface area contributed by atoms with Gasteiger partial charge >= 0.3 is 6.03 Å². The Hall–Kier alpha value is -3.18. The van der Waals surface area contributed by atoms with Gasteiger partial charge in [0.15, 0.2) is 0 Å². The Morgan fingerprint density at radius 3 is 2.00 bits per heavy atom. The molecule has 3 aromatic rings. The van der Waals surface area contributed by atoms with E-state index in [0.29, 0.717) is 73.1 Å². The molecule has 0 saturated carbocycles. The standard InChI is InChI=1S/C37H47Cl2N5O4S/c1-8-48-33-30(18-19-31(40-33)35(2,3)4)32-41-36(5,26-10-14-28(38)15-11-26)37(6,27-12-16-29(39)17-13-27)44(32)34(45)43-23-21-42(22-24-43)20-9-25-49(7,46)47/h10-19H,8-9,20-25H2,1-7H3. The van der Waals surface area contributed by atoms with Crippen molar-refractivity contribution in [3.8, 4) is 5.88 Å². The number of sulfone groups is 1. The SMILES string of the molecule is CCOc1nc(C(C)(C)C)ccc1C1=NC(C)(c2ccc(Cl)cc2)C(C)(c2ccc(Cl)cc2)N1C(=O)N1CCN(CCCS(C)(=O)=O)CC1. The van der Waals surface area contributed by atoms with E-state index in [1.54, 1.807) is 0 Å². The Bertz CT molecular complexity index is 1800. The van der Waals surface area contributed by atoms with Crippen LogP contribution in [0.3, 0.4) is 0 Å². The third-order valence-electron chi connectivity index (χ3n) is 9.72. The number of halogens is 2. The van der Waals surface area contributed by atoms with E-state index < -0.39 is 20.9 Å². The molecule has 9 nitrogen and oxygen atoms in total. The number of pyridine rings is 1. The Kier molecular flexibility index (Phi) is 10.8. The van der Waals surface area contributed by atoms with Crippen molar-refractivity contribution in [1.29, 1.82) is 0 Å². The van der Waals surface area contributed by atoms with Crippen molar-refractivity contribution in [2.75, 3.05) is 51.3 Å². The van der Waals surface area contributed by atoms with Gasteiger partial charge in [0.25, 0.3) is 0 Å². The van der Waals surface area contributed by atoms with Crippen LogP contribution in [0.2, 0.25) is 10.0 Å². The third kappa shape index (κ3) is 7.62. The molecule has 0 spiro atoms. The van der Waals surface area contributed by atoms with Gasteiger partial charge in [0.05, 0.1) is 17.9 Å². The van der Waals surface area contributed by atoms with Crippen molar-refractivity contribution in [1.82, 2.24) is 19.7 Å². The summed E-state index contributed by atoms with van der Waals surface area (Å²) >= 11 is 12.8. The van der Waals surface area contributed by atoms with Crippen LogP contribution in [0.4, 0.5) is 4.79 Å². The molecule has 2 unspecified atom stereocenters. The number of urea groups is 1. The summed E-state index contributed by atoms with van der Waals surface area (Å²) in [6.45, 7) is 15.6. The van der Waals surface area contributed by atoms with Crippen molar-refractivity contribution in [2.45, 2.75) is 64.5 Å². The molecule has 2 aromatic carbocycles. The highest BCUT2D eigenvalue weighted by Gasteiger charge is 2.60. The second kappa shape index (κ2) is 14.2. The summed E-state index contributed by atoms with van der Waals surface area (Å²) in [6, 6.07) is 19.0. The molecule has 12 heteroatoms. The largest absolute Gasteiger partial charge is 0.477 e. The Balaban J connectivity index is 1.65. The minimum absolute atomic E-state index is 0.146. The van der Waals surface area contributed by atoms with Crippen LogP contribution in [0.5, 0.6) is 5.88 Å². The van der Waals surface area contributed by atoms with E-state index in [1.165, 1.54) is 6.26 Å². The maximum Gasteiger partial charge on any atom is 0.326 e. The Morgan fingerprint density at radius 2 is 1.47 bits per heavy atom. The summed E-state index contributed by atoms with van der Waals surface area (Å²) in [5.41, 5.74) is 0.999. The highest BCUT2D eigenvalue weighted by molar-refractivity contribution is 7.90. The van der Waals surface area contributed by atoms with Gasteiger partial charge < -0.3 is 9.64 Å². The number of benzene rings is 2. The van der Waals surface area contributed by atoms with Gasteiger partial charge in [-0.15, -0.1) is 0 Å². The molecule has 2 atom stereocenters. The lowest BCUT2D eigenvalue weighted by Crippen LogP contribution is -2.60. The topological polar surface area (TPSA) is 95.4 Å². The van der Waals surface area contributed by atoms with Crippen molar-refractivity contribution in [3.63, 3.8) is 0 Å². The van der Waals surface area contributed by atoms with Crippen molar-refractivity contribution in [2.24, 2.45) is 4.99 Å². The van der Waals surface area contributed by atoms with Gasteiger partial charge in [-0.2, -0.15) is 0 Å². The zero-order valence-corrected chi connectivity index (χ0v) is 31.8. The van der Waals surface area contributed by atoms with Crippen LogP contribution in [0.1, 0.15) is 70.3 Å². The number of amidine groups is 1. The predicted molar refractivity (Wildman–Crippen MR) is 198 cm³/mol. The average Bonchev–Trinajstić information content (AvgIpc) is 3.28. The van der Waals surface area contributed by atoms with Crippen LogP contribution in [0.25, 0.3) is 0 Å². The maximum atomic E-state index is 15.1. The lowest BCUT2D eigenvalue weighted by Gasteiger charge is -2.47. The van der Waals surface area contributed by atoms with E-state index in [1.807, 2.05) is 77.4 Å². The van der Waals surface area contributed by atoms with E-state index in [0.717, 1.165) is 16.8 Å². The van der Waals surface area contributed by atoms with Crippen LogP contribution < -0.4 is 4.74 Å². The molecule has 2 aliphatic heterocycles. The molecule has 1 saturated heterocycles. The molecule has 2 aliphatic rings. The summed E-state index contributed by atoms with van der Waals surface area (Å²) in [7, 11) is -3.03. The zero-order chi connectivity index (χ0) is 35.8. The molecule has 3 heterocycles. The number of hydrogen-bond donors (Lipinski definition) is 0. The van der Waals surface area contributed by atoms with E-state index >= 15 is 4.79 Å². The normalized spacial score (nSPS) is 21.9. The zero-order valence-electron chi connectivity index (χ0n) is 29.5. The molecule has 0 bridgehead atoms. The molecule has 1 aromatic heterocycles. The van der Waals surface area contributed by atoms with Crippen LogP contribution in [-0.2, 0) is 26.3 Å². The van der Waals surface area contributed by atoms with E-state index in [9.17, 15) is 8.42 Å². The maximum absolute atomic E-state index is 15.1. The summed E-state index contributed by atoms with van der Waals surface area (Å²) in [5.74, 6) is 1.03. The van der Waals surface area contributed by atoms with Gasteiger partial charge in [-0.3, -0.25) is 14.8 Å². The molecule has 1 fully saturated rings. The summed E-state index contributed by atoms with van der Waals surface area (Å²) in [5, 5.41) is 1.19. The van der Waals surface area contributed by atoms with Gasteiger partial charge in [0.2, 0.25) is 5.88 Å². The number of aliphatic imine (C=N–C) groups is 1. The molecule has 0 radical (unpaired) electrons. The molecule has 264 valence electrons. The number of aromatic nitrogens is 1. The van der Waals surface area contributed by atoms with Gasteiger partial charge in [0, 0.05) is 53.6 Å². The number of rotatable bonds is 9. The molecule has 0 N–H and O–H groups in total. The summed E-state index contributed by atoms with van der Waals surface area (Å²) in [6.07, 6.45) is 1.82. The molecular weight excluding hydrogens is 681 g/mol. The van der Waals surface area contributed by atoms with Crippen LogP contribution in [0, 0.1) is 0 Å². The highest BCUT2D eigenvalue weighted by atomic mass is 35.5.